The summed E-state index contributed by atoms with van der Waals surface area (Å²) in [5.74, 6) is 0. The van der Waals surface area contributed by atoms with Crippen LogP contribution in [0.15, 0.2) is 42.5 Å². The van der Waals surface area contributed by atoms with E-state index in [9.17, 15) is 20.2 Å². The third-order valence-electron chi connectivity index (χ3n) is 2.81. The molecule has 0 saturated heterocycles. The first-order valence-electron chi connectivity index (χ1n) is 5.94. The third-order valence-corrected chi connectivity index (χ3v) is 2.81. The van der Waals surface area contributed by atoms with Gasteiger partial charge >= 0.3 is 0 Å². The number of anilines is 1. The fourth-order valence-corrected chi connectivity index (χ4v) is 1.75. The van der Waals surface area contributed by atoms with Gasteiger partial charge in [0.2, 0.25) is 0 Å². The number of hydrogen-bond donors (Lipinski definition) is 1. The summed E-state index contributed by atoms with van der Waals surface area (Å²) in [5, 5.41) is 21.5. The predicted octanol–water partition coefficient (Wildman–Crippen LogP) is 3.26. The lowest BCUT2D eigenvalue weighted by molar-refractivity contribution is -0.385. The molecule has 0 aliphatic carbocycles. The summed E-state index contributed by atoms with van der Waals surface area (Å²) in [6.45, 7) is 0. The molecule has 7 heteroatoms. The van der Waals surface area contributed by atoms with Crippen molar-refractivity contribution >= 4 is 29.2 Å². The second-order valence-corrected chi connectivity index (χ2v) is 4.26. The van der Waals surface area contributed by atoms with Gasteiger partial charge in [-0.15, -0.1) is 0 Å². The molecule has 106 valence electrons. The summed E-state index contributed by atoms with van der Waals surface area (Å²) in [4.78, 5) is 20.5. The zero-order valence-electron chi connectivity index (χ0n) is 10.8. The fourth-order valence-electron chi connectivity index (χ4n) is 1.75. The number of nitro groups is 2. The summed E-state index contributed by atoms with van der Waals surface area (Å²) in [6.07, 6.45) is 3.21. The van der Waals surface area contributed by atoms with Gasteiger partial charge in [0.25, 0.3) is 11.4 Å². The first-order chi connectivity index (χ1) is 9.97. The molecule has 0 saturated carbocycles. The lowest BCUT2D eigenvalue weighted by atomic mass is 10.1. The molecule has 0 aromatic heterocycles. The highest BCUT2D eigenvalue weighted by Crippen LogP contribution is 2.24. The lowest BCUT2D eigenvalue weighted by Crippen LogP contribution is -1.94. The van der Waals surface area contributed by atoms with Crippen molar-refractivity contribution in [3.05, 3.63) is 73.8 Å². The minimum absolute atomic E-state index is 0.00869. The first kappa shape index (κ1) is 14.2. The van der Waals surface area contributed by atoms with Gasteiger partial charge < -0.3 is 5.73 Å². The molecule has 0 bridgehead atoms. The Hall–Kier alpha value is -3.22. The van der Waals surface area contributed by atoms with Crippen LogP contribution in [0.2, 0.25) is 0 Å². The number of nitro benzene ring substituents is 2. The molecule has 21 heavy (non-hydrogen) atoms. The fraction of sp³-hybridized carbons (Fsp3) is 0. The first-order valence-corrected chi connectivity index (χ1v) is 5.94. The van der Waals surface area contributed by atoms with Crippen molar-refractivity contribution in [2.75, 3.05) is 5.73 Å². The van der Waals surface area contributed by atoms with Crippen LogP contribution in [0.1, 0.15) is 11.1 Å². The molecule has 0 unspecified atom stereocenters. The van der Waals surface area contributed by atoms with Crippen molar-refractivity contribution in [1.82, 2.24) is 0 Å². The maximum Gasteiger partial charge on any atom is 0.278 e. The van der Waals surface area contributed by atoms with Crippen molar-refractivity contribution < 1.29 is 9.85 Å². The molecule has 0 aliphatic heterocycles. The van der Waals surface area contributed by atoms with Gasteiger partial charge in [0.1, 0.15) is 0 Å². The molecule has 2 rings (SSSR count). The Balaban J connectivity index is 2.29. The zero-order chi connectivity index (χ0) is 15.4. The van der Waals surface area contributed by atoms with E-state index in [0.717, 1.165) is 0 Å². The highest BCUT2D eigenvalue weighted by molar-refractivity contribution is 5.75. The van der Waals surface area contributed by atoms with E-state index in [1.807, 2.05) is 0 Å². The van der Waals surface area contributed by atoms with Gasteiger partial charge in [-0.25, -0.2) is 0 Å². The largest absolute Gasteiger partial charge is 0.399 e. The number of nitrogens with zero attached hydrogens (tertiary/aromatic N) is 2. The quantitative estimate of drug-likeness (QED) is 0.401. The average Bonchev–Trinajstić information content (AvgIpc) is 2.46. The van der Waals surface area contributed by atoms with Gasteiger partial charge in [0.15, 0.2) is 0 Å². The van der Waals surface area contributed by atoms with E-state index in [1.54, 1.807) is 36.4 Å². The van der Waals surface area contributed by atoms with E-state index in [-0.39, 0.29) is 11.4 Å². The van der Waals surface area contributed by atoms with E-state index in [4.69, 9.17) is 5.73 Å². The van der Waals surface area contributed by atoms with Gasteiger partial charge in [-0.3, -0.25) is 20.2 Å². The maximum atomic E-state index is 10.9. The smallest absolute Gasteiger partial charge is 0.278 e. The molecular weight excluding hydrogens is 274 g/mol. The van der Waals surface area contributed by atoms with Gasteiger partial charge in [-0.2, -0.15) is 0 Å². The highest BCUT2D eigenvalue weighted by Gasteiger charge is 2.11. The van der Waals surface area contributed by atoms with E-state index in [1.165, 1.54) is 18.2 Å². The van der Waals surface area contributed by atoms with Crippen LogP contribution in [-0.2, 0) is 0 Å². The number of hydrogen-bond acceptors (Lipinski definition) is 5. The van der Waals surface area contributed by atoms with Crippen molar-refractivity contribution in [3.63, 3.8) is 0 Å². The lowest BCUT2D eigenvalue weighted by Gasteiger charge is -1.99. The number of nitrogens with two attached hydrogens (primary N) is 1. The van der Waals surface area contributed by atoms with Crippen LogP contribution in [0.5, 0.6) is 0 Å². The topological polar surface area (TPSA) is 112 Å². The minimum atomic E-state index is -0.508. The molecule has 0 spiro atoms. The van der Waals surface area contributed by atoms with Gasteiger partial charge in [0, 0.05) is 23.9 Å². The molecular formula is C14H11N3O4. The Morgan fingerprint density at radius 1 is 0.905 bits per heavy atom. The van der Waals surface area contributed by atoms with Crippen molar-refractivity contribution in [1.29, 1.82) is 0 Å². The van der Waals surface area contributed by atoms with Crippen LogP contribution in [0.25, 0.3) is 12.2 Å². The number of non-ortho nitro benzene ring substituents is 1. The predicted molar refractivity (Wildman–Crippen MR) is 79.5 cm³/mol. The van der Waals surface area contributed by atoms with Gasteiger partial charge in [-0.1, -0.05) is 6.08 Å². The molecule has 7 nitrogen and oxygen atoms in total. The Bertz CT molecular complexity index is 723. The van der Waals surface area contributed by atoms with Crippen molar-refractivity contribution in [2.45, 2.75) is 0 Å². The zero-order valence-corrected chi connectivity index (χ0v) is 10.8. The standard InChI is InChI=1S/C14H11N3O4/c15-12-6-5-11(14(9-12)17(20)21)4-1-10-2-7-13(8-3-10)16(18)19/h1-9H,15H2/b4-1-. The Labute approximate surface area is 119 Å². The normalized spacial score (nSPS) is 10.7. The van der Waals surface area contributed by atoms with Crippen LogP contribution in [0.4, 0.5) is 17.1 Å². The van der Waals surface area contributed by atoms with Crippen LogP contribution >= 0.6 is 0 Å². The Kier molecular flexibility index (Phi) is 3.94. The summed E-state index contributed by atoms with van der Waals surface area (Å²) in [7, 11) is 0. The van der Waals surface area contributed by atoms with Crippen LogP contribution in [0, 0.1) is 20.2 Å². The summed E-state index contributed by atoms with van der Waals surface area (Å²) >= 11 is 0. The van der Waals surface area contributed by atoms with Crippen LogP contribution < -0.4 is 5.73 Å². The van der Waals surface area contributed by atoms with E-state index >= 15 is 0 Å². The SMILES string of the molecule is Nc1ccc(/C=C\c2ccc([N+](=O)[O-])cc2)c([N+](=O)[O-])c1. The summed E-state index contributed by atoms with van der Waals surface area (Å²) in [5.41, 5.74) is 6.85. The van der Waals surface area contributed by atoms with Gasteiger partial charge in [-0.05, 0) is 35.9 Å². The molecule has 2 aromatic carbocycles. The monoisotopic (exact) mass is 285 g/mol. The van der Waals surface area contributed by atoms with Crippen LogP contribution in [-0.4, -0.2) is 9.85 Å². The number of benzene rings is 2. The molecule has 2 aromatic rings. The van der Waals surface area contributed by atoms with E-state index < -0.39 is 9.85 Å². The maximum absolute atomic E-state index is 10.9. The average molecular weight is 285 g/mol. The van der Waals surface area contributed by atoms with Crippen LogP contribution in [0.3, 0.4) is 0 Å². The second-order valence-electron chi connectivity index (χ2n) is 4.26. The molecule has 0 atom stereocenters. The van der Waals surface area contributed by atoms with Crippen molar-refractivity contribution in [3.8, 4) is 0 Å². The molecule has 0 fully saturated rings. The third kappa shape index (κ3) is 3.41. The molecule has 0 amide bonds. The molecule has 0 heterocycles. The second kappa shape index (κ2) is 5.83. The highest BCUT2D eigenvalue weighted by atomic mass is 16.6. The molecule has 0 radical (unpaired) electrons. The Morgan fingerprint density at radius 3 is 2.14 bits per heavy atom. The van der Waals surface area contributed by atoms with E-state index in [0.29, 0.717) is 16.8 Å². The summed E-state index contributed by atoms with van der Waals surface area (Å²) < 4.78 is 0. The van der Waals surface area contributed by atoms with E-state index in [2.05, 4.69) is 0 Å². The molecule has 0 aliphatic rings. The summed E-state index contributed by atoms with van der Waals surface area (Å²) in [6, 6.07) is 10.3. The van der Waals surface area contributed by atoms with Gasteiger partial charge in [0.05, 0.1) is 15.4 Å². The van der Waals surface area contributed by atoms with Crippen molar-refractivity contribution in [2.24, 2.45) is 0 Å². The number of nitrogen functional groups attached to an aromatic ring is 1. The number of rotatable bonds is 4. The molecule has 2 N–H and O–H groups in total. The Morgan fingerprint density at radius 2 is 1.57 bits per heavy atom. The minimum Gasteiger partial charge on any atom is -0.399 e.